The highest BCUT2D eigenvalue weighted by Gasteiger charge is 2.34. The SMILES string of the molecule is N#CCC(C1CC1)n1cc(C(N)=O)c(NC2=CC=C3C(=O)NCC3C2)n1. The van der Waals surface area contributed by atoms with Crippen molar-refractivity contribution in [2.24, 2.45) is 17.6 Å². The summed E-state index contributed by atoms with van der Waals surface area (Å²) in [5, 5.41) is 19.6. The number of nitrogens with two attached hydrogens (primary N) is 1. The van der Waals surface area contributed by atoms with E-state index in [2.05, 4.69) is 21.8 Å². The van der Waals surface area contributed by atoms with Crippen molar-refractivity contribution in [3.8, 4) is 6.07 Å². The molecule has 2 atom stereocenters. The molecule has 4 rings (SSSR count). The molecule has 2 aliphatic carbocycles. The van der Waals surface area contributed by atoms with Gasteiger partial charge in [0.05, 0.1) is 18.5 Å². The molecule has 134 valence electrons. The van der Waals surface area contributed by atoms with Crippen LogP contribution in [0.25, 0.3) is 0 Å². The minimum absolute atomic E-state index is 0.0174. The summed E-state index contributed by atoms with van der Waals surface area (Å²) in [6, 6.07) is 2.17. The number of allylic oxidation sites excluding steroid dienone is 3. The number of nitrogens with one attached hydrogen (secondary N) is 2. The van der Waals surface area contributed by atoms with Crippen LogP contribution >= 0.6 is 0 Å². The lowest BCUT2D eigenvalue weighted by Gasteiger charge is -2.18. The highest BCUT2D eigenvalue weighted by Crippen LogP contribution is 2.41. The largest absolute Gasteiger partial charge is 0.365 e. The zero-order valence-electron chi connectivity index (χ0n) is 14.2. The number of hydrogen-bond acceptors (Lipinski definition) is 5. The van der Waals surface area contributed by atoms with Gasteiger partial charge >= 0.3 is 0 Å². The number of nitriles is 1. The van der Waals surface area contributed by atoms with Crippen LogP contribution in [-0.2, 0) is 4.79 Å². The molecule has 1 saturated heterocycles. The van der Waals surface area contributed by atoms with Gasteiger partial charge in [0, 0.05) is 29.9 Å². The van der Waals surface area contributed by atoms with Gasteiger partial charge in [-0.05, 0) is 31.3 Å². The predicted molar refractivity (Wildman–Crippen MR) is 93.6 cm³/mol. The summed E-state index contributed by atoms with van der Waals surface area (Å²) >= 11 is 0. The van der Waals surface area contributed by atoms with Crippen LogP contribution in [0.2, 0.25) is 0 Å². The predicted octanol–water partition coefficient (Wildman–Crippen LogP) is 1.22. The molecule has 8 heteroatoms. The molecule has 2 amide bonds. The number of carbonyl (C=O) groups is 2. The molecule has 0 spiro atoms. The lowest BCUT2D eigenvalue weighted by molar-refractivity contribution is -0.116. The van der Waals surface area contributed by atoms with Gasteiger partial charge in [0.25, 0.3) is 5.91 Å². The Hall–Kier alpha value is -3.08. The van der Waals surface area contributed by atoms with Crippen LogP contribution in [-0.4, -0.2) is 28.1 Å². The van der Waals surface area contributed by atoms with Crippen molar-refractivity contribution in [2.75, 3.05) is 11.9 Å². The Morgan fingerprint density at radius 3 is 3.00 bits per heavy atom. The van der Waals surface area contributed by atoms with Crippen molar-refractivity contribution in [3.63, 3.8) is 0 Å². The number of amides is 2. The first-order chi connectivity index (χ1) is 12.6. The van der Waals surface area contributed by atoms with Crippen LogP contribution in [0, 0.1) is 23.2 Å². The number of rotatable bonds is 6. The van der Waals surface area contributed by atoms with Crippen LogP contribution in [0.1, 0.15) is 42.1 Å². The Labute approximate surface area is 150 Å². The number of carbonyl (C=O) groups excluding carboxylic acids is 2. The normalized spacial score (nSPS) is 22.6. The van der Waals surface area contributed by atoms with E-state index in [1.165, 1.54) is 0 Å². The number of aromatic nitrogens is 2. The van der Waals surface area contributed by atoms with E-state index in [-0.39, 0.29) is 17.9 Å². The number of nitrogens with zero attached hydrogens (tertiary/aromatic N) is 3. The van der Waals surface area contributed by atoms with Gasteiger partial charge in [-0.3, -0.25) is 14.3 Å². The average Bonchev–Trinajstić information content (AvgIpc) is 3.27. The van der Waals surface area contributed by atoms with Gasteiger partial charge in [-0.15, -0.1) is 0 Å². The number of hydrogen-bond donors (Lipinski definition) is 3. The average molecular weight is 352 g/mol. The maximum Gasteiger partial charge on any atom is 0.254 e. The number of fused-ring (bicyclic) bond motifs is 1. The molecular formula is C18H20N6O2. The Morgan fingerprint density at radius 1 is 1.50 bits per heavy atom. The van der Waals surface area contributed by atoms with Gasteiger partial charge in [0.1, 0.15) is 5.56 Å². The summed E-state index contributed by atoms with van der Waals surface area (Å²) in [7, 11) is 0. The molecular weight excluding hydrogens is 332 g/mol. The maximum absolute atomic E-state index is 11.8. The maximum atomic E-state index is 11.8. The molecule has 4 N–H and O–H groups in total. The van der Waals surface area contributed by atoms with Gasteiger partial charge < -0.3 is 16.4 Å². The molecule has 0 radical (unpaired) electrons. The Morgan fingerprint density at radius 2 is 2.31 bits per heavy atom. The van der Waals surface area contributed by atoms with Crippen molar-refractivity contribution in [1.29, 1.82) is 5.26 Å². The summed E-state index contributed by atoms with van der Waals surface area (Å²) < 4.78 is 1.70. The van der Waals surface area contributed by atoms with E-state index in [9.17, 15) is 9.59 Å². The summed E-state index contributed by atoms with van der Waals surface area (Å²) in [5.74, 6) is 0.387. The first-order valence-corrected chi connectivity index (χ1v) is 8.78. The first kappa shape index (κ1) is 16.4. The zero-order valence-corrected chi connectivity index (χ0v) is 14.2. The van der Waals surface area contributed by atoms with Crippen molar-refractivity contribution in [3.05, 3.63) is 35.2 Å². The topological polar surface area (TPSA) is 126 Å². The number of primary amides is 1. The highest BCUT2D eigenvalue weighted by molar-refractivity contribution is 5.98. The van der Waals surface area contributed by atoms with Gasteiger partial charge in [-0.25, -0.2) is 0 Å². The molecule has 1 aliphatic heterocycles. The quantitative estimate of drug-likeness (QED) is 0.709. The molecule has 1 aromatic rings. The van der Waals surface area contributed by atoms with E-state index in [0.717, 1.165) is 24.1 Å². The van der Waals surface area contributed by atoms with E-state index in [0.29, 0.717) is 36.7 Å². The minimum atomic E-state index is -0.560. The standard InChI is InChI=1S/C18H20N6O2/c19-6-5-15(10-1-2-10)24-9-14(16(20)25)17(23-24)22-12-3-4-13-11(7-12)8-21-18(13)26/h3-4,9-11,15H,1-2,5,7-8H2,(H2,20,25)(H,21,26)(H,22,23). The van der Waals surface area contributed by atoms with Gasteiger partial charge in [0.15, 0.2) is 5.82 Å². The van der Waals surface area contributed by atoms with Crippen molar-refractivity contribution in [2.45, 2.75) is 31.7 Å². The second-order valence-corrected chi connectivity index (χ2v) is 7.05. The zero-order chi connectivity index (χ0) is 18.3. The molecule has 1 aromatic heterocycles. The van der Waals surface area contributed by atoms with Crippen molar-refractivity contribution in [1.82, 2.24) is 15.1 Å². The summed E-state index contributed by atoms with van der Waals surface area (Å²) in [6.45, 7) is 0.618. The summed E-state index contributed by atoms with van der Waals surface area (Å²) in [6.07, 6.45) is 8.45. The molecule has 2 fully saturated rings. The smallest absolute Gasteiger partial charge is 0.254 e. The van der Waals surface area contributed by atoms with Crippen molar-refractivity contribution >= 4 is 17.6 Å². The highest BCUT2D eigenvalue weighted by atomic mass is 16.2. The van der Waals surface area contributed by atoms with Gasteiger partial charge in [-0.2, -0.15) is 10.4 Å². The molecule has 3 aliphatic rings. The second kappa shape index (κ2) is 6.33. The fourth-order valence-electron chi connectivity index (χ4n) is 3.66. The Bertz CT molecular complexity index is 871. The lowest BCUT2D eigenvalue weighted by Crippen LogP contribution is -2.16. The monoisotopic (exact) mass is 352 g/mol. The third-order valence-corrected chi connectivity index (χ3v) is 5.22. The third-order valence-electron chi connectivity index (χ3n) is 5.22. The fraction of sp³-hybridized carbons (Fsp3) is 0.444. The van der Waals surface area contributed by atoms with Crippen LogP contribution in [0.5, 0.6) is 0 Å². The van der Waals surface area contributed by atoms with E-state index in [1.807, 2.05) is 12.2 Å². The number of anilines is 1. The van der Waals surface area contributed by atoms with Crippen LogP contribution < -0.4 is 16.4 Å². The molecule has 2 unspecified atom stereocenters. The van der Waals surface area contributed by atoms with E-state index >= 15 is 0 Å². The second-order valence-electron chi connectivity index (χ2n) is 7.05. The summed E-state index contributed by atoms with van der Waals surface area (Å²) in [4.78, 5) is 23.5. The third kappa shape index (κ3) is 2.96. The Kier molecular flexibility index (Phi) is 3.99. The van der Waals surface area contributed by atoms with Crippen LogP contribution in [0.3, 0.4) is 0 Å². The van der Waals surface area contributed by atoms with E-state index in [1.54, 1.807) is 10.9 Å². The molecule has 1 saturated carbocycles. The van der Waals surface area contributed by atoms with E-state index in [4.69, 9.17) is 11.0 Å². The summed E-state index contributed by atoms with van der Waals surface area (Å²) in [5.41, 5.74) is 7.50. The molecule has 26 heavy (non-hydrogen) atoms. The first-order valence-electron chi connectivity index (χ1n) is 8.78. The van der Waals surface area contributed by atoms with E-state index < -0.39 is 5.91 Å². The lowest BCUT2D eigenvalue weighted by atomic mass is 9.92. The van der Waals surface area contributed by atoms with Crippen LogP contribution in [0.4, 0.5) is 5.82 Å². The van der Waals surface area contributed by atoms with Gasteiger partial charge in [-0.1, -0.05) is 6.08 Å². The Balaban J connectivity index is 1.59. The van der Waals surface area contributed by atoms with Gasteiger partial charge in [0.2, 0.25) is 5.91 Å². The molecule has 2 heterocycles. The van der Waals surface area contributed by atoms with Crippen molar-refractivity contribution < 1.29 is 9.59 Å². The minimum Gasteiger partial charge on any atom is -0.365 e. The molecule has 0 bridgehead atoms. The molecule has 0 aromatic carbocycles. The van der Waals surface area contributed by atoms with Crippen LogP contribution in [0.15, 0.2) is 29.6 Å². The molecule has 8 nitrogen and oxygen atoms in total. The fourth-order valence-corrected chi connectivity index (χ4v) is 3.66.